The van der Waals surface area contributed by atoms with Crippen molar-refractivity contribution < 1.29 is 4.79 Å². The molecule has 19 heavy (non-hydrogen) atoms. The van der Waals surface area contributed by atoms with E-state index in [0.29, 0.717) is 5.91 Å². The van der Waals surface area contributed by atoms with Crippen LogP contribution >= 0.6 is 0 Å². The highest BCUT2D eigenvalue weighted by atomic mass is 16.2. The van der Waals surface area contributed by atoms with Crippen LogP contribution in [0.1, 0.15) is 24.8 Å². The number of aryl methyl sites for hydroxylation is 1. The number of rotatable bonds is 1. The van der Waals surface area contributed by atoms with Crippen LogP contribution in [0.2, 0.25) is 0 Å². The van der Waals surface area contributed by atoms with E-state index >= 15 is 0 Å². The molecule has 1 unspecified atom stereocenters. The SMILES string of the molecule is CN1CCCC(C(=O)N2CCCc3ccccc32)C1. The zero-order chi connectivity index (χ0) is 13.2. The summed E-state index contributed by atoms with van der Waals surface area (Å²) in [7, 11) is 2.11. The number of carbonyl (C=O) groups excluding carboxylic acids is 1. The van der Waals surface area contributed by atoms with E-state index in [1.54, 1.807) is 0 Å². The van der Waals surface area contributed by atoms with Crippen molar-refractivity contribution in [1.82, 2.24) is 4.90 Å². The molecule has 0 aliphatic carbocycles. The van der Waals surface area contributed by atoms with E-state index in [-0.39, 0.29) is 5.92 Å². The van der Waals surface area contributed by atoms with Gasteiger partial charge in [0, 0.05) is 18.8 Å². The maximum Gasteiger partial charge on any atom is 0.231 e. The van der Waals surface area contributed by atoms with Gasteiger partial charge < -0.3 is 9.80 Å². The third-order valence-corrected chi connectivity index (χ3v) is 4.35. The fourth-order valence-electron chi connectivity index (χ4n) is 3.35. The van der Waals surface area contributed by atoms with Crippen molar-refractivity contribution in [3.8, 4) is 0 Å². The number of anilines is 1. The van der Waals surface area contributed by atoms with Crippen LogP contribution in [0.3, 0.4) is 0 Å². The van der Waals surface area contributed by atoms with Gasteiger partial charge in [-0.15, -0.1) is 0 Å². The minimum atomic E-state index is 0.185. The Bertz CT molecular complexity index is 472. The lowest BCUT2D eigenvalue weighted by molar-refractivity contribution is -0.124. The normalized spacial score (nSPS) is 24.1. The molecule has 0 radical (unpaired) electrons. The van der Waals surface area contributed by atoms with Crippen LogP contribution in [0.15, 0.2) is 24.3 Å². The first-order chi connectivity index (χ1) is 9.25. The summed E-state index contributed by atoms with van der Waals surface area (Å²) in [6, 6.07) is 8.36. The number of nitrogens with zero attached hydrogens (tertiary/aromatic N) is 2. The van der Waals surface area contributed by atoms with Gasteiger partial charge in [-0.05, 0) is 50.9 Å². The summed E-state index contributed by atoms with van der Waals surface area (Å²) in [5.41, 5.74) is 2.47. The molecule has 1 fully saturated rings. The van der Waals surface area contributed by atoms with Crippen LogP contribution in [-0.2, 0) is 11.2 Å². The van der Waals surface area contributed by atoms with Gasteiger partial charge in [-0.3, -0.25) is 4.79 Å². The molecule has 1 aromatic carbocycles. The van der Waals surface area contributed by atoms with E-state index in [9.17, 15) is 4.79 Å². The van der Waals surface area contributed by atoms with Gasteiger partial charge in [-0.2, -0.15) is 0 Å². The molecule has 2 heterocycles. The van der Waals surface area contributed by atoms with E-state index in [1.807, 2.05) is 11.0 Å². The van der Waals surface area contributed by atoms with Crippen molar-refractivity contribution >= 4 is 11.6 Å². The summed E-state index contributed by atoms with van der Waals surface area (Å²) >= 11 is 0. The van der Waals surface area contributed by atoms with Gasteiger partial charge in [-0.25, -0.2) is 0 Å². The molecule has 3 heteroatoms. The van der Waals surface area contributed by atoms with Gasteiger partial charge in [-0.1, -0.05) is 18.2 Å². The number of likely N-dealkylation sites (tertiary alicyclic amines) is 1. The first-order valence-electron chi connectivity index (χ1n) is 7.33. The third kappa shape index (κ3) is 2.52. The van der Waals surface area contributed by atoms with Gasteiger partial charge in [0.15, 0.2) is 0 Å². The van der Waals surface area contributed by atoms with Crippen LogP contribution in [0.5, 0.6) is 0 Å². The van der Waals surface area contributed by atoms with Gasteiger partial charge in [0.2, 0.25) is 5.91 Å². The molecule has 0 bridgehead atoms. The van der Waals surface area contributed by atoms with Gasteiger partial charge >= 0.3 is 0 Å². The number of fused-ring (bicyclic) bond motifs is 1. The van der Waals surface area contributed by atoms with E-state index in [2.05, 4.69) is 30.1 Å². The number of hydrogen-bond donors (Lipinski definition) is 0. The van der Waals surface area contributed by atoms with Crippen molar-refractivity contribution in [2.24, 2.45) is 5.92 Å². The highest BCUT2D eigenvalue weighted by Gasteiger charge is 2.30. The number of para-hydroxylation sites is 1. The Kier molecular flexibility index (Phi) is 3.56. The number of amides is 1. The molecule has 0 spiro atoms. The van der Waals surface area contributed by atoms with Gasteiger partial charge in [0.1, 0.15) is 0 Å². The molecule has 2 aliphatic heterocycles. The molecule has 1 amide bonds. The maximum absolute atomic E-state index is 12.8. The molecule has 0 N–H and O–H groups in total. The molecule has 1 atom stereocenters. The topological polar surface area (TPSA) is 23.6 Å². The first-order valence-corrected chi connectivity index (χ1v) is 7.33. The first kappa shape index (κ1) is 12.7. The van der Waals surface area contributed by atoms with Crippen LogP contribution < -0.4 is 4.90 Å². The van der Waals surface area contributed by atoms with Crippen molar-refractivity contribution in [2.75, 3.05) is 31.6 Å². The molecular formula is C16H22N2O. The predicted octanol–water partition coefficient (Wildman–Crippen LogP) is 2.31. The Morgan fingerprint density at radius 2 is 2.05 bits per heavy atom. The van der Waals surface area contributed by atoms with E-state index in [1.165, 1.54) is 5.56 Å². The lowest BCUT2D eigenvalue weighted by atomic mass is 9.94. The molecule has 1 saturated heterocycles. The van der Waals surface area contributed by atoms with Crippen molar-refractivity contribution in [2.45, 2.75) is 25.7 Å². The summed E-state index contributed by atoms with van der Waals surface area (Å²) in [5.74, 6) is 0.517. The molecule has 0 saturated carbocycles. The number of hydrogen-bond acceptors (Lipinski definition) is 2. The standard InChI is InChI=1S/C16H22N2O/c1-17-10-4-8-14(12-17)16(19)18-11-5-7-13-6-2-3-9-15(13)18/h2-3,6,9,14H,4-5,7-8,10-12H2,1H3. The largest absolute Gasteiger partial charge is 0.312 e. The highest BCUT2D eigenvalue weighted by molar-refractivity contribution is 5.96. The number of benzene rings is 1. The minimum absolute atomic E-state index is 0.185. The third-order valence-electron chi connectivity index (χ3n) is 4.35. The summed E-state index contributed by atoms with van der Waals surface area (Å²) in [6.07, 6.45) is 4.38. The summed E-state index contributed by atoms with van der Waals surface area (Å²) in [4.78, 5) is 17.1. The lowest BCUT2D eigenvalue weighted by Crippen LogP contribution is -2.45. The molecule has 1 aromatic rings. The molecule has 3 nitrogen and oxygen atoms in total. The fraction of sp³-hybridized carbons (Fsp3) is 0.562. The summed E-state index contributed by atoms with van der Waals surface area (Å²) in [5, 5.41) is 0. The fourth-order valence-corrected chi connectivity index (χ4v) is 3.35. The second kappa shape index (κ2) is 5.33. The van der Waals surface area contributed by atoms with Crippen molar-refractivity contribution in [1.29, 1.82) is 0 Å². The molecular weight excluding hydrogens is 236 g/mol. The van der Waals surface area contributed by atoms with Gasteiger partial charge in [0.25, 0.3) is 0 Å². The molecule has 2 aliphatic rings. The highest BCUT2D eigenvalue weighted by Crippen LogP contribution is 2.29. The van der Waals surface area contributed by atoms with Crippen LogP contribution in [-0.4, -0.2) is 37.5 Å². The molecule has 3 rings (SSSR count). The Morgan fingerprint density at radius 3 is 2.89 bits per heavy atom. The second-order valence-corrected chi connectivity index (χ2v) is 5.82. The van der Waals surface area contributed by atoms with Crippen molar-refractivity contribution in [3.05, 3.63) is 29.8 Å². The summed E-state index contributed by atoms with van der Waals surface area (Å²) in [6.45, 7) is 2.92. The summed E-state index contributed by atoms with van der Waals surface area (Å²) < 4.78 is 0. The second-order valence-electron chi connectivity index (χ2n) is 5.82. The average molecular weight is 258 g/mol. The van der Waals surface area contributed by atoms with Crippen LogP contribution in [0.4, 0.5) is 5.69 Å². The Labute approximate surface area is 115 Å². The maximum atomic E-state index is 12.8. The molecule has 0 aromatic heterocycles. The Balaban J connectivity index is 1.81. The zero-order valence-corrected chi connectivity index (χ0v) is 11.6. The quantitative estimate of drug-likeness (QED) is 0.771. The van der Waals surface area contributed by atoms with Gasteiger partial charge in [0.05, 0.1) is 5.92 Å². The Morgan fingerprint density at radius 1 is 1.21 bits per heavy atom. The molecule has 102 valence electrons. The minimum Gasteiger partial charge on any atom is -0.312 e. The average Bonchev–Trinajstić information content (AvgIpc) is 2.46. The van der Waals surface area contributed by atoms with Crippen LogP contribution in [0.25, 0.3) is 0 Å². The monoisotopic (exact) mass is 258 g/mol. The number of carbonyl (C=O) groups is 1. The Hall–Kier alpha value is -1.35. The van der Waals surface area contributed by atoms with Crippen molar-refractivity contribution in [3.63, 3.8) is 0 Å². The van der Waals surface area contributed by atoms with E-state index in [0.717, 1.165) is 51.0 Å². The number of piperidine rings is 1. The van der Waals surface area contributed by atoms with E-state index in [4.69, 9.17) is 0 Å². The predicted molar refractivity (Wildman–Crippen MR) is 77.3 cm³/mol. The zero-order valence-electron chi connectivity index (χ0n) is 11.6. The smallest absolute Gasteiger partial charge is 0.231 e. The van der Waals surface area contributed by atoms with Crippen LogP contribution in [0, 0.1) is 5.92 Å². The lowest BCUT2D eigenvalue weighted by Gasteiger charge is -2.35. The van der Waals surface area contributed by atoms with E-state index < -0.39 is 0 Å².